The van der Waals surface area contributed by atoms with Crippen molar-refractivity contribution in [3.63, 3.8) is 0 Å². The van der Waals surface area contributed by atoms with Gasteiger partial charge in [-0.3, -0.25) is 14.7 Å². The van der Waals surface area contributed by atoms with Crippen molar-refractivity contribution in [2.75, 3.05) is 33.3 Å². The molecule has 2 aromatic carbocycles. The topological polar surface area (TPSA) is 91.8 Å². The van der Waals surface area contributed by atoms with Crippen LogP contribution in [0.5, 0.6) is 5.75 Å². The van der Waals surface area contributed by atoms with Gasteiger partial charge in [0.15, 0.2) is 0 Å². The third-order valence-electron chi connectivity index (χ3n) is 5.87. The molecule has 0 aliphatic carbocycles. The fourth-order valence-electron chi connectivity index (χ4n) is 4.04. The van der Waals surface area contributed by atoms with Crippen LogP contribution >= 0.6 is 0 Å². The van der Waals surface area contributed by atoms with E-state index in [1.807, 2.05) is 12.1 Å². The van der Waals surface area contributed by atoms with Gasteiger partial charge in [-0.15, -0.1) is 0 Å². The summed E-state index contributed by atoms with van der Waals surface area (Å²) in [5.74, 6) is 0.341. The lowest BCUT2D eigenvalue weighted by atomic mass is 10.1. The highest BCUT2D eigenvalue weighted by atomic mass is 32.2. The molecule has 3 aromatic rings. The minimum absolute atomic E-state index is 0.0940. The summed E-state index contributed by atoms with van der Waals surface area (Å²) in [6.45, 7) is 4.87. The number of carbonyl (C=O) groups is 1. The quantitative estimate of drug-likeness (QED) is 0.572. The molecule has 1 aromatic heterocycles. The number of piperazine rings is 1. The lowest BCUT2D eigenvalue weighted by molar-refractivity contribution is -0.134. The predicted molar refractivity (Wildman–Crippen MR) is 126 cm³/mol. The molecule has 9 heteroatoms. The molecule has 0 unspecified atom stereocenters. The molecule has 1 aliphatic rings. The van der Waals surface area contributed by atoms with E-state index in [4.69, 9.17) is 4.74 Å². The average molecular weight is 469 g/mol. The molecular weight excluding hydrogens is 440 g/mol. The van der Waals surface area contributed by atoms with Gasteiger partial charge in [-0.05, 0) is 42.8 Å². The molecule has 1 fully saturated rings. The van der Waals surface area contributed by atoms with Crippen LogP contribution in [0.15, 0.2) is 65.7 Å². The van der Waals surface area contributed by atoms with Gasteiger partial charge in [-0.2, -0.15) is 4.72 Å². The number of sulfonamides is 1. The number of pyridine rings is 1. The summed E-state index contributed by atoms with van der Waals surface area (Å²) in [5, 5.41) is 1.11. The Balaban J connectivity index is 1.33. The molecule has 0 spiro atoms. The maximum absolute atomic E-state index is 12.9. The van der Waals surface area contributed by atoms with Crippen LogP contribution < -0.4 is 9.46 Å². The van der Waals surface area contributed by atoms with Crippen LogP contribution in [0.3, 0.4) is 0 Å². The van der Waals surface area contributed by atoms with Crippen LogP contribution in [-0.4, -0.2) is 68.4 Å². The largest absolute Gasteiger partial charge is 0.497 e. The van der Waals surface area contributed by atoms with E-state index in [1.165, 1.54) is 19.2 Å². The van der Waals surface area contributed by atoms with Crippen LogP contribution in [-0.2, 0) is 21.4 Å². The highest BCUT2D eigenvalue weighted by Gasteiger charge is 2.28. The molecule has 2 heterocycles. The summed E-state index contributed by atoms with van der Waals surface area (Å²) in [6, 6.07) is 15.4. The fraction of sp³-hybridized carbons (Fsp3) is 0.333. The van der Waals surface area contributed by atoms with Gasteiger partial charge < -0.3 is 9.64 Å². The third-order valence-corrected chi connectivity index (χ3v) is 7.42. The Labute approximate surface area is 194 Å². The standard InChI is InChI=1S/C24H28N4O4S/c1-18(26-33(30,31)22-10-8-21(32-2)9-11-22)24(29)28-15-13-27(14-16-28)17-20-6-3-5-19-7-4-12-25-23(19)20/h3-12,18,26H,13-17H2,1-2H3/t18-/m0/s1. The molecule has 1 N–H and O–H groups in total. The number of nitrogens with zero attached hydrogens (tertiary/aromatic N) is 3. The molecule has 1 amide bonds. The Hall–Kier alpha value is -3.01. The minimum Gasteiger partial charge on any atom is -0.497 e. The first-order valence-corrected chi connectivity index (χ1v) is 12.4. The highest BCUT2D eigenvalue weighted by molar-refractivity contribution is 7.89. The number of fused-ring (bicyclic) bond motifs is 1. The molecule has 174 valence electrons. The maximum Gasteiger partial charge on any atom is 0.241 e. The van der Waals surface area contributed by atoms with Crippen molar-refractivity contribution in [1.82, 2.24) is 19.5 Å². The van der Waals surface area contributed by atoms with Crippen LogP contribution in [0.1, 0.15) is 12.5 Å². The molecule has 1 atom stereocenters. The molecule has 8 nitrogen and oxygen atoms in total. The average Bonchev–Trinajstić information content (AvgIpc) is 2.84. The lowest BCUT2D eigenvalue weighted by Crippen LogP contribution is -2.53. The maximum atomic E-state index is 12.9. The Morgan fingerprint density at radius 1 is 1.06 bits per heavy atom. The Kier molecular flexibility index (Phi) is 6.92. The first-order valence-electron chi connectivity index (χ1n) is 10.9. The summed E-state index contributed by atoms with van der Waals surface area (Å²) in [5.41, 5.74) is 2.16. The van der Waals surface area contributed by atoms with Gasteiger partial charge >= 0.3 is 0 Å². The first kappa shape index (κ1) is 23.2. The van der Waals surface area contributed by atoms with Crippen molar-refractivity contribution < 1.29 is 17.9 Å². The fourth-order valence-corrected chi connectivity index (χ4v) is 5.24. The monoisotopic (exact) mass is 468 g/mol. The van der Waals surface area contributed by atoms with Crippen molar-refractivity contribution >= 4 is 26.8 Å². The number of rotatable bonds is 7. The first-order chi connectivity index (χ1) is 15.9. The molecular formula is C24H28N4O4S. The molecule has 33 heavy (non-hydrogen) atoms. The normalized spacial score (nSPS) is 16.0. The van der Waals surface area contributed by atoms with E-state index in [0.717, 1.165) is 23.0 Å². The van der Waals surface area contributed by atoms with E-state index in [0.29, 0.717) is 31.9 Å². The highest BCUT2D eigenvalue weighted by Crippen LogP contribution is 2.19. The van der Waals surface area contributed by atoms with Gasteiger partial charge in [0.05, 0.1) is 23.6 Å². The molecule has 4 rings (SSSR count). The number of hydrogen-bond acceptors (Lipinski definition) is 6. The van der Waals surface area contributed by atoms with E-state index in [1.54, 1.807) is 30.2 Å². The summed E-state index contributed by atoms with van der Waals surface area (Å²) in [4.78, 5) is 21.5. The number of aromatic nitrogens is 1. The molecule has 1 aliphatic heterocycles. The number of hydrogen-bond donors (Lipinski definition) is 1. The third kappa shape index (κ3) is 5.32. The molecule has 0 radical (unpaired) electrons. The SMILES string of the molecule is COc1ccc(S(=O)(=O)N[C@@H](C)C(=O)N2CCN(Cc3cccc4cccnc34)CC2)cc1. The number of nitrogens with one attached hydrogen (secondary N) is 1. The minimum atomic E-state index is -3.81. The van der Waals surface area contributed by atoms with E-state index in [2.05, 4.69) is 32.8 Å². The Morgan fingerprint density at radius 2 is 1.76 bits per heavy atom. The summed E-state index contributed by atoms with van der Waals surface area (Å²) in [7, 11) is -2.30. The van der Waals surface area contributed by atoms with Crippen molar-refractivity contribution in [3.05, 3.63) is 66.4 Å². The second kappa shape index (κ2) is 9.86. The molecule has 0 saturated carbocycles. The van der Waals surface area contributed by atoms with Crippen LogP contribution in [0.2, 0.25) is 0 Å². The number of benzene rings is 2. The van der Waals surface area contributed by atoms with Crippen molar-refractivity contribution in [2.24, 2.45) is 0 Å². The lowest BCUT2D eigenvalue weighted by Gasteiger charge is -2.36. The zero-order valence-corrected chi connectivity index (χ0v) is 19.6. The Bertz CT molecular complexity index is 1220. The van der Waals surface area contributed by atoms with E-state index in [-0.39, 0.29) is 10.8 Å². The van der Waals surface area contributed by atoms with Crippen molar-refractivity contribution in [1.29, 1.82) is 0 Å². The summed E-state index contributed by atoms with van der Waals surface area (Å²) < 4.78 is 32.9. The Morgan fingerprint density at radius 3 is 2.45 bits per heavy atom. The predicted octanol–water partition coefficient (Wildman–Crippen LogP) is 2.25. The zero-order valence-electron chi connectivity index (χ0n) is 18.8. The van der Waals surface area contributed by atoms with Gasteiger partial charge in [-0.1, -0.05) is 24.3 Å². The second-order valence-corrected chi connectivity index (χ2v) is 9.83. The van der Waals surface area contributed by atoms with Gasteiger partial charge in [0.1, 0.15) is 5.75 Å². The number of amides is 1. The summed E-state index contributed by atoms with van der Waals surface area (Å²) >= 11 is 0. The van der Waals surface area contributed by atoms with Crippen LogP contribution in [0, 0.1) is 0 Å². The smallest absolute Gasteiger partial charge is 0.241 e. The molecule has 1 saturated heterocycles. The van der Waals surface area contributed by atoms with Gasteiger partial charge in [0.2, 0.25) is 15.9 Å². The zero-order chi connectivity index (χ0) is 23.4. The second-order valence-electron chi connectivity index (χ2n) is 8.11. The van der Waals surface area contributed by atoms with Crippen LogP contribution in [0.25, 0.3) is 10.9 Å². The number of ether oxygens (including phenoxy) is 1. The number of para-hydroxylation sites is 1. The van der Waals surface area contributed by atoms with E-state index >= 15 is 0 Å². The van der Waals surface area contributed by atoms with Gasteiger partial charge in [0, 0.05) is 44.3 Å². The molecule has 0 bridgehead atoms. The van der Waals surface area contributed by atoms with E-state index < -0.39 is 16.1 Å². The number of carbonyl (C=O) groups excluding carboxylic acids is 1. The van der Waals surface area contributed by atoms with Gasteiger partial charge in [-0.25, -0.2) is 8.42 Å². The van der Waals surface area contributed by atoms with Gasteiger partial charge in [0.25, 0.3) is 0 Å². The van der Waals surface area contributed by atoms with Crippen molar-refractivity contribution in [3.8, 4) is 5.75 Å². The number of methoxy groups -OCH3 is 1. The van der Waals surface area contributed by atoms with Crippen LogP contribution in [0.4, 0.5) is 0 Å². The van der Waals surface area contributed by atoms with Crippen molar-refractivity contribution in [2.45, 2.75) is 24.4 Å². The van der Waals surface area contributed by atoms with E-state index in [9.17, 15) is 13.2 Å². The summed E-state index contributed by atoms with van der Waals surface area (Å²) in [6.07, 6.45) is 1.80.